The number of anilines is 1. The molecule has 6 nitrogen and oxygen atoms in total. The molecule has 0 spiro atoms. The van der Waals surface area contributed by atoms with E-state index in [9.17, 15) is 9.59 Å². The first-order valence-corrected chi connectivity index (χ1v) is 7.81. The van der Waals surface area contributed by atoms with Crippen molar-refractivity contribution in [2.24, 2.45) is 5.73 Å². The topological polar surface area (TPSA) is 87.5 Å². The van der Waals surface area contributed by atoms with Gasteiger partial charge < -0.3 is 11.1 Å². The Morgan fingerprint density at radius 1 is 1.32 bits per heavy atom. The molecule has 1 atom stereocenters. The summed E-state index contributed by atoms with van der Waals surface area (Å²) in [5, 5.41) is 5.87. The average Bonchev–Trinajstić information content (AvgIpc) is 2.92. The molecule has 1 fully saturated rings. The van der Waals surface area contributed by atoms with Gasteiger partial charge in [-0.15, -0.1) is 0 Å². The summed E-state index contributed by atoms with van der Waals surface area (Å²) in [4.78, 5) is 25.5. The van der Waals surface area contributed by atoms with Crippen LogP contribution in [0.4, 0.5) is 5.69 Å². The standard InChI is InChI=1S/C16H22N4O2/c17-7-2-8-18-13-4-1-3-11-9-20(10-12(11)13)14-5-6-15(21)19-16(14)22/h1,3-4,14,18H,2,5-10,17H2,(H,19,21,22). The zero-order chi connectivity index (χ0) is 15.5. The first-order valence-electron chi connectivity index (χ1n) is 7.81. The Hall–Kier alpha value is -1.92. The lowest BCUT2D eigenvalue weighted by Crippen LogP contribution is -2.50. The highest BCUT2D eigenvalue weighted by Crippen LogP contribution is 2.32. The van der Waals surface area contributed by atoms with Crippen molar-refractivity contribution in [2.45, 2.75) is 38.4 Å². The van der Waals surface area contributed by atoms with E-state index in [1.165, 1.54) is 11.1 Å². The van der Waals surface area contributed by atoms with Crippen molar-refractivity contribution in [3.05, 3.63) is 29.3 Å². The van der Waals surface area contributed by atoms with Crippen LogP contribution >= 0.6 is 0 Å². The highest BCUT2D eigenvalue weighted by atomic mass is 16.2. The lowest BCUT2D eigenvalue weighted by molar-refractivity contribution is -0.137. The maximum absolute atomic E-state index is 12.0. The molecule has 0 bridgehead atoms. The molecule has 22 heavy (non-hydrogen) atoms. The number of nitrogens with one attached hydrogen (secondary N) is 2. The molecule has 2 heterocycles. The number of hydrogen-bond acceptors (Lipinski definition) is 5. The highest BCUT2D eigenvalue weighted by Gasteiger charge is 2.35. The van der Waals surface area contributed by atoms with E-state index in [4.69, 9.17) is 5.73 Å². The Balaban J connectivity index is 1.71. The van der Waals surface area contributed by atoms with Crippen LogP contribution in [0.5, 0.6) is 0 Å². The molecule has 0 radical (unpaired) electrons. The molecule has 2 amide bonds. The zero-order valence-corrected chi connectivity index (χ0v) is 12.6. The minimum Gasteiger partial charge on any atom is -0.385 e. The van der Waals surface area contributed by atoms with Crippen molar-refractivity contribution in [1.82, 2.24) is 10.2 Å². The van der Waals surface area contributed by atoms with Crippen LogP contribution in [0.15, 0.2) is 18.2 Å². The molecule has 1 aromatic rings. The van der Waals surface area contributed by atoms with Crippen molar-refractivity contribution in [2.75, 3.05) is 18.4 Å². The van der Waals surface area contributed by atoms with Crippen LogP contribution in [0.2, 0.25) is 0 Å². The van der Waals surface area contributed by atoms with Crippen LogP contribution in [0.25, 0.3) is 0 Å². The Bertz CT molecular complexity index is 588. The Kier molecular flexibility index (Phi) is 4.40. The Labute approximate surface area is 130 Å². The van der Waals surface area contributed by atoms with Gasteiger partial charge in [-0.3, -0.25) is 19.8 Å². The summed E-state index contributed by atoms with van der Waals surface area (Å²) in [5.41, 5.74) is 9.16. The molecule has 6 heteroatoms. The van der Waals surface area contributed by atoms with Crippen molar-refractivity contribution >= 4 is 17.5 Å². The summed E-state index contributed by atoms with van der Waals surface area (Å²) >= 11 is 0. The van der Waals surface area contributed by atoms with E-state index < -0.39 is 0 Å². The predicted octanol–water partition coefficient (Wildman–Crippen LogP) is 0.568. The summed E-state index contributed by atoms with van der Waals surface area (Å²) in [7, 11) is 0. The van der Waals surface area contributed by atoms with Gasteiger partial charge in [0.1, 0.15) is 0 Å². The summed E-state index contributed by atoms with van der Waals surface area (Å²) < 4.78 is 0. The van der Waals surface area contributed by atoms with Crippen molar-refractivity contribution in [3.8, 4) is 0 Å². The summed E-state index contributed by atoms with van der Waals surface area (Å²) in [6.07, 6.45) is 1.96. The van der Waals surface area contributed by atoms with E-state index in [2.05, 4.69) is 27.7 Å². The van der Waals surface area contributed by atoms with E-state index in [1.54, 1.807) is 0 Å². The number of carbonyl (C=O) groups excluding carboxylic acids is 2. The molecule has 3 rings (SSSR count). The van der Waals surface area contributed by atoms with Crippen LogP contribution in [0.3, 0.4) is 0 Å². The van der Waals surface area contributed by atoms with Gasteiger partial charge in [-0.1, -0.05) is 12.1 Å². The summed E-state index contributed by atoms with van der Waals surface area (Å²) in [6, 6.07) is 6.01. The number of nitrogens with zero attached hydrogens (tertiary/aromatic N) is 1. The SMILES string of the molecule is NCCCNc1cccc2c1CN(C1CCC(=O)NC1=O)C2. The number of nitrogens with two attached hydrogens (primary N) is 1. The van der Waals surface area contributed by atoms with Crippen molar-refractivity contribution in [3.63, 3.8) is 0 Å². The molecule has 118 valence electrons. The van der Waals surface area contributed by atoms with Gasteiger partial charge in [-0.25, -0.2) is 0 Å². The van der Waals surface area contributed by atoms with Gasteiger partial charge in [-0.2, -0.15) is 0 Å². The lowest BCUT2D eigenvalue weighted by Gasteiger charge is -2.29. The van der Waals surface area contributed by atoms with Gasteiger partial charge in [0.25, 0.3) is 0 Å². The molecule has 2 aliphatic heterocycles. The molecule has 1 unspecified atom stereocenters. The number of imide groups is 1. The third kappa shape index (κ3) is 2.98. The maximum Gasteiger partial charge on any atom is 0.243 e. The average molecular weight is 302 g/mol. The minimum atomic E-state index is -0.206. The van der Waals surface area contributed by atoms with Crippen LogP contribution in [0, 0.1) is 0 Å². The number of hydrogen-bond donors (Lipinski definition) is 3. The number of rotatable bonds is 5. The second-order valence-corrected chi connectivity index (χ2v) is 5.88. The van der Waals surface area contributed by atoms with Crippen LogP contribution in [-0.2, 0) is 22.7 Å². The molecular formula is C16H22N4O2. The number of fused-ring (bicyclic) bond motifs is 1. The second-order valence-electron chi connectivity index (χ2n) is 5.88. The van der Waals surface area contributed by atoms with E-state index in [-0.39, 0.29) is 17.9 Å². The smallest absolute Gasteiger partial charge is 0.243 e. The fourth-order valence-electron chi connectivity index (χ4n) is 3.19. The minimum absolute atomic E-state index is 0.165. The zero-order valence-electron chi connectivity index (χ0n) is 12.6. The lowest BCUT2D eigenvalue weighted by atomic mass is 10.0. The summed E-state index contributed by atoms with van der Waals surface area (Å²) in [6.45, 7) is 3.03. The molecule has 0 aromatic heterocycles. The van der Waals surface area contributed by atoms with Gasteiger partial charge in [-0.05, 0) is 36.6 Å². The van der Waals surface area contributed by atoms with E-state index >= 15 is 0 Å². The molecule has 0 saturated carbocycles. The normalized spacial score (nSPS) is 21.6. The van der Waals surface area contributed by atoms with E-state index in [0.29, 0.717) is 19.4 Å². The first-order chi connectivity index (χ1) is 10.7. The van der Waals surface area contributed by atoms with Crippen LogP contribution in [-0.4, -0.2) is 35.8 Å². The van der Waals surface area contributed by atoms with Gasteiger partial charge >= 0.3 is 0 Å². The van der Waals surface area contributed by atoms with Crippen LogP contribution in [0.1, 0.15) is 30.4 Å². The van der Waals surface area contributed by atoms with Gasteiger partial charge in [0.05, 0.1) is 6.04 Å². The third-order valence-electron chi connectivity index (χ3n) is 4.35. The number of piperidine rings is 1. The number of benzene rings is 1. The second kappa shape index (κ2) is 6.46. The van der Waals surface area contributed by atoms with Crippen molar-refractivity contribution in [1.29, 1.82) is 0 Å². The molecule has 4 N–H and O–H groups in total. The van der Waals surface area contributed by atoms with Gasteiger partial charge in [0, 0.05) is 31.7 Å². The third-order valence-corrected chi connectivity index (χ3v) is 4.35. The van der Waals surface area contributed by atoms with Crippen molar-refractivity contribution < 1.29 is 9.59 Å². The quantitative estimate of drug-likeness (QED) is 0.547. The fraction of sp³-hybridized carbons (Fsp3) is 0.500. The highest BCUT2D eigenvalue weighted by molar-refractivity contribution is 6.00. The molecule has 0 aliphatic carbocycles. The predicted molar refractivity (Wildman–Crippen MR) is 84.0 cm³/mol. The number of carbonyl (C=O) groups is 2. The number of amides is 2. The first kappa shape index (κ1) is 15.0. The Morgan fingerprint density at radius 3 is 2.95 bits per heavy atom. The van der Waals surface area contributed by atoms with Gasteiger partial charge in [0.15, 0.2) is 0 Å². The monoisotopic (exact) mass is 302 g/mol. The summed E-state index contributed by atoms with van der Waals surface area (Å²) in [5.74, 6) is -0.330. The van der Waals surface area contributed by atoms with E-state index in [0.717, 1.165) is 31.7 Å². The van der Waals surface area contributed by atoms with Gasteiger partial charge in [0.2, 0.25) is 11.8 Å². The maximum atomic E-state index is 12.0. The molecular weight excluding hydrogens is 280 g/mol. The fourth-order valence-corrected chi connectivity index (χ4v) is 3.19. The van der Waals surface area contributed by atoms with E-state index in [1.807, 2.05) is 6.07 Å². The van der Waals surface area contributed by atoms with Crippen LogP contribution < -0.4 is 16.4 Å². The Morgan fingerprint density at radius 2 is 2.18 bits per heavy atom. The largest absolute Gasteiger partial charge is 0.385 e. The molecule has 1 aromatic carbocycles. The molecule has 1 saturated heterocycles. The molecule has 2 aliphatic rings.